The molecule has 2 N–H and O–H groups in total. The molecular weight excluding hydrogens is 346 g/mol. The summed E-state index contributed by atoms with van der Waals surface area (Å²) in [7, 11) is 1.57. The van der Waals surface area contributed by atoms with Crippen LogP contribution in [0.4, 0.5) is 8.78 Å². The maximum Gasteiger partial charge on any atom is 0.387 e. The molecule has 2 aromatic carbocycles. The Hall–Kier alpha value is -3.16. The van der Waals surface area contributed by atoms with E-state index in [1.807, 2.05) is 12.1 Å². The van der Waals surface area contributed by atoms with Crippen LogP contribution < -0.4 is 20.1 Å². The molecule has 0 fully saturated rings. The first-order chi connectivity index (χ1) is 12.5. The Labute approximate surface area is 149 Å². The number of hydrogen-bond donors (Lipinski definition) is 2. The molecule has 0 aliphatic carbocycles. The lowest BCUT2D eigenvalue weighted by Gasteiger charge is -2.08. The van der Waals surface area contributed by atoms with Gasteiger partial charge in [0.25, 0.3) is 5.91 Å². The summed E-state index contributed by atoms with van der Waals surface area (Å²) in [6.45, 7) is -2.81. The van der Waals surface area contributed by atoms with E-state index in [4.69, 9.17) is 4.74 Å². The molecule has 26 heavy (non-hydrogen) atoms. The lowest BCUT2D eigenvalue weighted by atomic mass is 10.2. The van der Waals surface area contributed by atoms with Gasteiger partial charge >= 0.3 is 6.61 Å². The lowest BCUT2D eigenvalue weighted by molar-refractivity contribution is -0.120. The Morgan fingerprint density at radius 2 is 1.58 bits per heavy atom. The monoisotopic (exact) mass is 364 g/mol. The van der Waals surface area contributed by atoms with E-state index in [1.54, 1.807) is 19.2 Å². The molecule has 2 rings (SSSR count). The quantitative estimate of drug-likeness (QED) is 0.754. The van der Waals surface area contributed by atoms with Crippen LogP contribution in [0.5, 0.6) is 11.5 Å². The van der Waals surface area contributed by atoms with Crippen LogP contribution in [0.1, 0.15) is 15.9 Å². The van der Waals surface area contributed by atoms with Crippen molar-refractivity contribution in [2.24, 2.45) is 0 Å². The minimum absolute atomic E-state index is 0.0474. The van der Waals surface area contributed by atoms with Gasteiger partial charge in [-0.15, -0.1) is 0 Å². The third kappa shape index (κ3) is 6.04. The average Bonchev–Trinajstić information content (AvgIpc) is 2.65. The van der Waals surface area contributed by atoms with Gasteiger partial charge in [0, 0.05) is 12.1 Å². The van der Waals surface area contributed by atoms with Gasteiger partial charge in [0.2, 0.25) is 5.91 Å². The summed E-state index contributed by atoms with van der Waals surface area (Å²) >= 11 is 0. The van der Waals surface area contributed by atoms with E-state index in [0.29, 0.717) is 6.54 Å². The van der Waals surface area contributed by atoms with E-state index in [0.717, 1.165) is 11.3 Å². The molecule has 0 atom stereocenters. The van der Waals surface area contributed by atoms with Crippen molar-refractivity contribution in [3.05, 3.63) is 59.7 Å². The Morgan fingerprint density at radius 1 is 0.962 bits per heavy atom. The van der Waals surface area contributed by atoms with Crippen molar-refractivity contribution in [3.8, 4) is 11.5 Å². The lowest BCUT2D eigenvalue weighted by Crippen LogP contribution is -2.36. The summed E-state index contributed by atoms with van der Waals surface area (Å²) in [5.41, 5.74) is 1.12. The van der Waals surface area contributed by atoms with Gasteiger partial charge in [-0.05, 0) is 42.0 Å². The molecule has 0 radical (unpaired) electrons. The topological polar surface area (TPSA) is 76.7 Å². The zero-order valence-corrected chi connectivity index (χ0v) is 14.0. The van der Waals surface area contributed by atoms with E-state index in [9.17, 15) is 18.4 Å². The Morgan fingerprint density at radius 3 is 2.15 bits per heavy atom. The summed E-state index contributed by atoms with van der Waals surface area (Å²) in [4.78, 5) is 23.7. The minimum Gasteiger partial charge on any atom is -0.497 e. The zero-order chi connectivity index (χ0) is 18.9. The number of alkyl halides is 2. The van der Waals surface area contributed by atoms with Gasteiger partial charge in [-0.1, -0.05) is 12.1 Å². The second kappa shape index (κ2) is 9.36. The average molecular weight is 364 g/mol. The van der Waals surface area contributed by atoms with Gasteiger partial charge in [-0.2, -0.15) is 8.78 Å². The van der Waals surface area contributed by atoms with Crippen molar-refractivity contribution in [1.82, 2.24) is 10.6 Å². The number of nitrogens with one attached hydrogen (secondary N) is 2. The number of carbonyl (C=O) groups excluding carboxylic acids is 2. The fourth-order valence-corrected chi connectivity index (χ4v) is 2.06. The summed E-state index contributed by atoms with van der Waals surface area (Å²) in [6.07, 6.45) is 0. The van der Waals surface area contributed by atoms with Crippen molar-refractivity contribution in [3.63, 3.8) is 0 Å². The van der Waals surface area contributed by atoms with Crippen LogP contribution in [0.25, 0.3) is 0 Å². The Bertz CT molecular complexity index is 734. The van der Waals surface area contributed by atoms with Crippen LogP contribution in [-0.2, 0) is 11.3 Å². The first-order valence-electron chi connectivity index (χ1n) is 7.70. The number of ether oxygens (including phenoxy) is 2. The molecule has 2 amide bonds. The van der Waals surface area contributed by atoms with Crippen molar-refractivity contribution >= 4 is 11.8 Å². The predicted molar refractivity (Wildman–Crippen MR) is 90.2 cm³/mol. The number of amides is 2. The van der Waals surface area contributed by atoms with Crippen LogP contribution in [-0.4, -0.2) is 32.1 Å². The largest absolute Gasteiger partial charge is 0.497 e. The molecule has 8 heteroatoms. The normalized spacial score (nSPS) is 10.3. The molecule has 0 heterocycles. The smallest absolute Gasteiger partial charge is 0.387 e. The van der Waals surface area contributed by atoms with Crippen LogP contribution in [0.3, 0.4) is 0 Å². The molecule has 0 saturated carbocycles. The van der Waals surface area contributed by atoms with Crippen molar-refractivity contribution in [2.45, 2.75) is 13.2 Å². The van der Waals surface area contributed by atoms with Gasteiger partial charge in [0.1, 0.15) is 11.5 Å². The van der Waals surface area contributed by atoms with Crippen LogP contribution >= 0.6 is 0 Å². The highest BCUT2D eigenvalue weighted by Gasteiger charge is 2.09. The van der Waals surface area contributed by atoms with Gasteiger partial charge in [0.15, 0.2) is 0 Å². The summed E-state index contributed by atoms with van der Waals surface area (Å²) in [5.74, 6) is -0.175. The molecule has 0 spiro atoms. The number of halogens is 2. The van der Waals surface area contributed by atoms with Crippen LogP contribution in [0.15, 0.2) is 48.5 Å². The highest BCUT2D eigenvalue weighted by molar-refractivity contribution is 5.96. The molecule has 138 valence electrons. The predicted octanol–water partition coefficient (Wildman–Crippen LogP) is 2.34. The fourth-order valence-electron chi connectivity index (χ4n) is 2.06. The van der Waals surface area contributed by atoms with Gasteiger partial charge in [-0.3, -0.25) is 9.59 Å². The number of carbonyl (C=O) groups is 2. The third-order valence-corrected chi connectivity index (χ3v) is 3.40. The minimum atomic E-state index is -2.93. The Kier molecular flexibility index (Phi) is 6.90. The SMILES string of the molecule is COc1ccc(CNC(=O)CNC(=O)c2ccc(OC(F)F)cc2)cc1. The summed E-state index contributed by atoms with van der Waals surface area (Å²) < 4.78 is 33.4. The molecule has 0 unspecified atom stereocenters. The van der Waals surface area contributed by atoms with Gasteiger partial charge in [-0.25, -0.2) is 0 Å². The zero-order valence-electron chi connectivity index (χ0n) is 14.0. The van der Waals surface area contributed by atoms with Crippen molar-refractivity contribution in [1.29, 1.82) is 0 Å². The first kappa shape index (κ1) is 19.2. The fraction of sp³-hybridized carbons (Fsp3) is 0.222. The molecule has 2 aromatic rings. The molecule has 0 aliphatic heterocycles. The van der Waals surface area contributed by atoms with Crippen LogP contribution in [0, 0.1) is 0 Å². The van der Waals surface area contributed by atoms with E-state index in [2.05, 4.69) is 15.4 Å². The Balaban J connectivity index is 1.76. The first-order valence-corrected chi connectivity index (χ1v) is 7.70. The number of benzene rings is 2. The van der Waals surface area contributed by atoms with Crippen molar-refractivity contribution in [2.75, 3.05) is 13.7 Å². The standard InChI is InChI=1S/C18H18F2N2O4/c1-25-14-6-2-12(3-7-14)10-21-16(23)11-22-17(24)13-4-8-15(9-5-13)26-18(19)20/h2-9,18H,10-11H2,1H3,(H,21,23)(H,22,24). The highest BCUT2D eigenvalue weighted by Crippen LogP contribution is 2.14. The molecule has 0 bridgehead atoms. The molecule has 0 aliphatic rings. The maximum absolute atomic E-state index is 12.1. The molecule has 0 aromatic heterocycles. The van der Waals surface area contributed by atoms with E-state index in [1.165, 1.54) is 24.3 Å². The van der Waals surface area contributed by atoms with Crippen molar-refractivity contribution < 1.29 is 27.8 Å². The van der Waals surface area contributed by atoms with E-state index in [-0.39, 0.29) is 23.8 Å². The van der Waals surface area contributed by atoms with Crippen LogP contribution in [0.2, 0.25) is 0 Å². The second-order valence-corrected chi connectivity index (χ2v) is 5.21. The van der Waals surface area contributed by atoms with E-state index < -0.39 is 12.5 Å². The van der Waals surface area contributed by atoms with Gasteiger partial charge < -0.3 is 20.1 Å². The van der Waals surface area contributed by atoms with E-state index >= 15 is 0 Å². The number of rotatable bonds is 8. The molecule has 0 saturated heterocycles. The maximum atomic E-state index is 12.1. The molecule has 6 nitrogen and oxygen atoms in total. The number of hydrogen-bond acceptors (Lipinski definition) is 4. The highest BCUT2D eigenvalue weighted by atomic mass is 19.3. The van der Waals surface area contributed by atoms with Gasteiger partial charge in [0.05, 0.1) is 13.7 Å². The summed E-state index contributed by atoms with van der Waals surface area (Å²) in [5, 5.41) is 5.13. The summed E-state index contributed by atoms with van der Waals surface area (Å²) in [6, 6.07) is 12.4. The molecular formula is C18H18F2N2O4. The second-order valence-electron chi connectivity index (χ2n) is 5.21. The number of methoxy groups -OCH3 is 1. The third-order valence-electron chi connectivity index (χ3n) is 3.40.